The molecule has 6 heteroatoms. The van der Waals surface area contributed by atoms with Gasteiger partial charge in [0.25, 0.3) is 11.8 Å². The zero-order valence-corrected chi connectivity index (χ0v) is 18.7. The van der Waals surface area contributed by atoms with Crippen LogP contribution in [0.2, 0.25) is 0 Å². The van der Waals surface area contributed by atoms with Gasteiger partial charge in [-0.15, -0.1) is 0 Å². The summed E-state index contributed by atoms with van der Waals surface area (Å²) in [5, 5.41) is 20.9. The van der Waals surface area contributed by atoms with Gasteiger partial charge >= 0.3 is 0 Å². The number of aromatic nitrogens is 1. The fourth-order valence-electron chi connectivity index (χ4n) is 4.15. The number of hydrogen-bond donors (Lipinski definition) is 2. The molecule has 1 aromatic heterocycles. The van der Waals surface area contributed by atoms with E-state index in [0.29, 0.717) is 18.7 Å². The Morgan fingerprint density at radius 2 is 1.77 bits per heavy atom. The van der Waals surface area contributed by atoms with Gasteiger partial charge in [-0.25, -0.2) is 0 Å². The lowest BCUT2D eigenvalue weighted by Gasteiger charge is -2.30. The molecule has 1 aliphatic heterocycles. The van der Waals surface area contributed by atoms with Crippen LogP contribution in [-0.2, 0) is 16.1 Å². The van der Waals surface area contributed by atoms with Gasteiger partial charge in [-0.05, 0) is 30.6 Å². The Labute approximate surface area is 179 Å². The minimum absolute atomic E-state index is 0.0351. The molecule has 0 fully saturated rings. The first-order valence-corrected chi connectivity index (χ1v) is 11.0. The number of rotatable bonds is 12. The van der Waals surface area contributed by atoms with Crippen molar-refractivity contribution < 1.29 is 19.8 Å². The van der Waals surface area contributed by atoms with Crippen molar-refractivity contribution in [3.05, 3.63) is 29.9 Å². The molecule has 0 saturated carbocycles. The van der Waals surface area contributed by atoms with Crippen LogP contribution in [0.25, 0.3) is 6.08 Å². The Bertz CT molecular complexity index is 786. The number of amides is 2. The van der Waals surface area contributed by atoms with Gasteiger partial charge in [-0.1, -0.05) is 59.1 Å². The summed E-state index contributed by atoms with van der Waals surface area (Å²) in [6.45, 7) is 9.09. The van der Waals surface area contributed by atoms with Crippen molar-refractivity contribution >= 4 is 17.9 Å². The summed E-state index contributed by atoms with van der Waals surface area (Å²) in [5.74, 6) is -0.344. The van der Waals surface area contributed by atoms with Crippen LogP contribution >= 0.6 is 0 Å². The number of aromatic hydroxyl groups is 2. The molecule has 166 valence electrons. The molecule has 2 amide bonds. The van der Waals surface area contributed by atoms with Crippen molar-refractivity contribution in [3.8, 4) is 11.8 Å². The smallest absolute Gasteiger partial charge is 0.253 e. The third kappa shape index (κ3) is 6.51. The van der Waals surface area contributed by atoms with Crippen LogP contribution < -0.4 is 0 Å². The van der Waals surface area contributed by atoms with Crippen molar-refractivity contribution in [1.29, 1.82) is 0 Å². The van der Waals surface area contributed by atoms with E-state index in [1.807, 2.05) is 19.1 Å². The summed E-state index contributed by atoms with van der Waals surface area (Å²) in [7, 11) is 0. The number of hydrogen-bond acceptors (Lipinski definition) is 4. The fourth-order valence-corrected chi connectivity index (χ4v) is 4.15. The number of nitrogens with zero attached hydrogens (tertiary/aromatic N) is 2. The summed E-state index contributed by atoms with van der Waals surface area (Å²) < 4.78 is 1.52. The summed E-state index contributed by atoms with van der Waals surface area (Å²) in [6.07, 6.45) is 13.0. The second-order valence-corrected chi connectivity index (χ2v) is 9.21. The molecule has 1 atom stereocenters. The third-order valence-electron chi connectivity index (χ3n) is 5.48. The predicted molar refractivity (Wildman–Crippen MR) is 119 cm³/mol. The van der Waals surface area contributed by atoms with Gasteiger partial charge in [0.1, 0.15) is 0 Å². The molecule has 1 aliphatic rings. The van der Waals surface area contributed by atoms with E-state index in [9.17, 15) is 19.8 Å². The van der Waals surface area contributed by atoms with Crippen molar-refractivity contribution in [2.24, 2.45) is 11.3 Å². The molecule has 2 rings (SSSR count). The van der Waals surface area contributed by atoms with E-state index in [4.69, 9.17) is 0 Å². The zero-order valence-electron chi connectivity index (χ0n) is 18.7. The summed E-state index contributed by atoms with van der Waals surface area (Å²) in [6, 6.07) is 1.59. The number of unbranched alkanes of at least 4 members (excludes halogenated alkanes) is 4. The molecular weight excluding hydrogens is 380 g/mol. The molecule has 6 nitrogen and oxygen atoms in total. The molecule has 0 saturated heterocycles. The Hall–Kier alpha value is -2.50. The summed E-state index contributed by atoms with van der Waals surface area (Å²) in [5.41, 5.74) is 0.361. The molecule has 0 radical (unpaired) electrons. The highest BCUT2D eigenvalue weighted by atomic mass is 16.3. The van der Waals surface area contributed by atoms with Crippen molar-refractivity contribution in [3.63, 3.8) is 0 Å². The highest BCUT2D eigenvalue weighted by Gasteiger charge is 2.29. The molecule has 0 aromatic carbocycles. The quantitative estimate of drug-likeness (QED) is 0.376. The molecule has 30 heavy (non-hydrogen) atoms. The Morgan fingerprint density at radius 3 is 2.40 bits per heavy atom. The maximum Gasteiger partial charge on any atom is 0.253 e. The van der Waals surface area contributed by atoms with E-state index >= 15 is 0 Å². The molecule has 0 spiro atoms. The summed E-state index contributed by atoms with van der Waals surface area (Å²) in [4.78, 5) is 24.8. The van der Waals surface area contributed by atoms with Crippen LogP contribution in [0, 0.1) is 11.3 Å². The van der Waals surface area contributed by atoms with Crippen molar-refractivity contribution in [2.45, 2.75) is 72.8 Å². The van der Waals surface area contributed by atoms with E-state index in [0.717, 1.165) is 19.3 Å². The van der Waals surface area contributed by atoms with E-state index < -0.39 is 0 Å². The first-order chi connectivity index (χ1) is 14.1. The van der Waals surface area contributed by atoms with E-state index in [2.05, 4.69) is 20.8 Å². The summed E-state index contributed by atoms with van der Waals surface area (Å²) >= 11 is 0. The van der Waals surface area contributed by atoms with Gasteiger partial charge in [0, 0.05) is 36.9 Å². The first kappa shape index (κ1) is 23.8. The molecule has 0 bridgehead atoms. The Balaban J connectivity index is 1.95. The van der Waals surface area contributed by atoms with Crippen molar-refractivity contribution in [2.75, 3.05) is 6.54 Å². The lowest BCUT2D eigenvalue weighted by Crippen LogP contribution is -2.35. The predicted octanol–water partition coefficient (Wildman–Crippen LogP) is 4.86. The highest BCUT2D eigenvalue weighted by Crippen LogP contribution is 2.35. The normalized spacial score (nSPS) is 15.7. The first-order valence-electron chi connectivity index (χ1n) is 11.0. The van der Waals surface area contributed by atoms with E-state index in [-0.39, 0.29) is 34.9 Å². The van der Waals surface area contributed by atoms with Crippen LogP contribution in [0.5, 0.6) is 11.8 Å². The second-order valence-electron chi connectivity index (χ2n) is 9.21. The van der Waals surface area contributed by atoms with Gasteiger partial charge in [-0.3, -0.25) is 19.1 Å². The van der Waals surface area contributed by atoms with Gasteiger partial charge < -0.3 is 10.2 Å². The molecular formula is C24H36N2O4. The number of carbonyl (C=O) groups excluding carboxylic acids is 2. The highest BCUT2D eigenvalue weighted by molar-refractivity contribution is 6.12. The lowest BCUT2D eigenvalue weighted by atomic mass is 9.83. The SMILES string of the molecule is CCCCCC/C=C/c1cc(O)n(CC(C)(C)CC(C)CN2C(=O)C=CC2=O)c1O. The minimum Gasteiger partial charge on any atom is -0.494 e. The Morgan fingerprint density at radius 1 is 1.10 bits per heavy atom. The lowest BCUT2D eigenvalue weighted by molar-refractivity contribution is -0.137. The standard InChI is InChI=1S/C24H36N2O4/c1-5-6-7-8-9-10-11-19-14-22(29)26(23(19)30)17-24(3,4)15-18(2)16-25-20(27)12-13-21(25)28/h10-14,18,29-30H,5-9,15-17H2,1-4H3/b11-10+. The monoisotopic (exact) mass is 416 g/mol. The van der Waals surface area contributed by atoms with Crippen LogP contribution in [-0.4, -0.2) is 38.0 Å². The second kappa shape index (κ2) is 10.5. The van der Waals surface area contributed by atoms with Gasteiger partial charge in [-0.2, -0.15) is 0 Å². The zero-order chi connectivity index (χ0) is 22.3. The number of carbonyl (C=O) groups is 2. The van der Waals surface area contributed by atoms with Gasteiger partial charge in [0.05, 0.1) is 0 Å². The molecule has 2 N–H and O–H groups in total. The average molecular weight is 417 g/mol. The molecule has 1 unspecified atom stereocenters. The number of allylic oxidation sites excluding steroid dienone is 1. The van der Waals surface area contributed by atoms with Crippen molar-refractivity contribution in [1.82, 2.24) is 9.47 Å². The minimum atomic E-state index is -0.267. The Kier molecular flexibility index (Phi) is 8.33. The van der Waals surface area contributed by atoms with Crippen LogP contribution in [0.4, 0.5) is 0 Å². The largest absolute Gasteiger partial charge is 0.494 e. The average Bonchev–Trinajstić information content (AvgIpc) is 3.11. The molecule has 2 heterocycles. The van der Waals surface area contributed by atoms with Crippen LogP contribution in [0.3, 0.4) is 0 Å². The van der Waals surface area contributed by atoms with Gasteiger partial charge in [0.2, 0.25) is 5.88 Å². The molecule has 1 aromatic rings. The van der Waals surface area contributed by atoms with E-state index in [1.165, 1.54) is 40.9 Å². The van der Waals surface area contributed by atoms with Gasteiger partial charge in [0.15, 0.2) is 5.88 Å². The maximum absolute atomic E-state index is 11.8. The van der Waals surface area contributed by atoms with E-state index in [1.54, 1.807) is 6.07 Å². The third-order valence-corrected chi connectivity index (χ3v) is 5.48. The van der Waals surface area contributed by atoms with Crippen LogP contribution in [0.15, 0.2) is 24.3 Å². The molecule has 0 aliphatic carbocycles. The van der Waals surface area contributed by atoms with Crippen LogP contribution in [0.1, 0.15) is 71.8 Å². The maximum atomic E-state index is 11.8. The fraction of sp³-hybridized carbons (Fsp3) is 0.583. The topological polar surface area (TPSA) is 82.8 Å². The number of imide groups is 1.